The van der Waals surface area contributed by atoms with Crippen LogP contribution in [0.4, 0.5) is 5.69 Å². The van der Waals surface area contributed by atoms with Crippen LogP contribution in [0.2, 0.25) is 0 Å². The SMILES string of the molecule is Cc1cccc(N2CCN(CCCNC(=O)CCc3cccs3)CC2)c1. The summed E-state index contributed by atoms with van der Waals surface area (Å²) in [6.07, 6.45) is 2.47. The smallest absolute Gasteiger partial charge is 0.220 e. The highest BCUT2D eigenvalue weighted by Gasteiger charge is 2.16. The number of rotatable bonds is 8. The van der Waals surface area contributed by atoms with Gasteiger partial charge in [0.25, 0.3) is 0 Å². The first-order valence-electron chi connectivity index (χ1n) is 9.54. The standard InChI is InChI=1S/C21H29N3OS/c1-18-5-2-6-19(17-18)24-14-12-23(13-15-24)11-4-10-22-21(25)9-8-20-7-3-16-26-20/h2-3,5-7,16-17H,4,8-15H2,1H3,(H,22,25). The van der Waals surface area contributed by atoms with Crippen LogP contribution >= 0.6 is 11.3 Å². The number of hydrogen-bond donors (Lipinski definition) is 1. The fourth-order valence-electron chi connectivity index (χ4n) is 3.36. The van der Waals surface area contributed by atoms with Gasteiger partial charge in [0.2, 0.25) is 5.91 Å². The minimum Gasteiger partial charge on any atom is -0.369 e. The van der Waals surface area contributed by atoms with Gasteiger partial charge in [0.15, 0.2) is 0 Å². The number of nitrogens with zero attached hydrogens (tertiary/aromatic N) is 2. The molecule has 1 N–H and O–H groups in total. The minimum atomic E-state index is 0.169. The number of carbonyl (C=O) groups is 1. The van der Waals surface area contributed by atoms with E-state index in [0.29, 0.717) is 6.42 Å². The minimum absolute atomic E-state index is 0.169. The zero-order valence-corrected chi connectivity index (χ0v) is 16.4. The molecule has 2 heterocycles. The molecule has 4 nitrogen and oxygen atoms in total. The molecule has 1 aliphatic heterocycles. The third-order valence-corrected chi connectivity index (χ3v) is 5.83. The molecule has 0 unspecified atom stereocenters. The fourth-order valence-corrected chi connectivity index (χ4v) is 4.07. The molecule has 26 heavy (non-hydrogen) atoms. The van der Waals surface area contributed by atoms with Crippen LogP contribution in [0.25, 0.3) is 0 Å². The van der Waals surface area contributed by atoms with Gasteiger partial charge in [0.1, 0.15) is 0 Å². The first kappa shape index (κ1) is 18.9. The van der Waals surface area contributed by atoms with Crippen molar-refractivity contribution in [2.24, 2.45) is 0 Å². The normalized spacial score (nSPS) is 15.2. The first-order chi connectivity index (χ1) is 12.7. The molecule has 1 amide bonds. The Morgan fingerprint density at radius 2 is 2.00 bits per heavy atom. The zero-order valence-electron chi connectivity index (χ0n) is 15.6. The number of piperazine rings is 1. The van der Waals surface area contributed by atoms with Gasteiger partial charge in [-0.1, -0.05) is 18.2 Å². The molecular formula is C21H29N3OS. The lowest BCUT2D eigenvalue weighted by Crippen LogP contribution is -2.47. The van der Waals surface area contributed by atoms with E-state index in [1.807, 2.05) is 6.07 Å². The maximum absolute atomic E-state index is 11.9. The van der Waals surface area contributed by atoms with Gasteiger partial charge in [-0.2, -0.15) is 0 Å². The number of benzene rings is 1. The molecule has 5 heteroatoms. The van der Waals surface area contributed by atoms with Crippen LogP contribution in [0.3, 0.4) is 0 Å². The number of thiophene rings is 1. The average Bonchev–Trinajstić information content (AvgIpc) is 3.18. The van der Waals surface area contributed by atoms with Gasteiger partial charge < -0.3 is 10.2 Å². The predicted octanol–water partition coefficient (Wildman–Crippen LogP) is 3.32. The van der Waals surface area contributed by atoms with Crippen LogP contribution in [-0.2, 0) is 11.2 Å². The summed E-state index contributed by atoms with van der Waals surface area (Å²) in [4.78, 5) is 18.1. The van der Waals surface area contributed by atoms with Crippen LogP contribution in [0.15, 0.2) is 41.8 Å². The van der Waals surface area contributed by atoms with Gasteiger partial charge >= 0.3 is 0 Å². The lowest BCUT2D eigenvalue weighted by molar-refractivity contribution is -0.121. The van der Waals surface area contributed by atoms with E-state index in [-0.39, 0.29) is 5.91 Å². The van der Waals surface area contributed by atoms with E-state index in [2.05, 4.69) is 57.8 Å². The van der Waals surface area contributed by atoms with Crippen molar-refractivity contribution in [2.75, 3.05) is 44.2 Å². The predicted molar refractivity (Wildman–Crippen MR) is 110 cm³/mol. The van der Waals surface area contributed by atoms with Crippen molar-refractivity contribution in [1.82, 2.24) is 10.2 Å². The average molecular weight is 372 g/mol. The molecule has 0 radical (unpaired) electrons. The van der Waals surface area contributed by atoms with Crippen LogP contribution in [0.1, 0.15) is 23.3 Å². The Bertz CT molecular complexity index is 678. The van der Waals surface area contributed by atoms with E-state index >= 15 is 0 Å². The van der Waals surface area contributed by atoms with E-state index < -0.39 is 0 Å². The molecule has 3 rings (SSSR count). The highest BCUT2D eigenvalue weighted by atomic mass is 32.1. The third-order valence-electron chi connectivity index (χ3n) is 4.89. The molecule has 1 fully saturated rings. The second-order valence-electron chi connectivity index (χ2n) is 6.95. The van der Waals surface area contributed by atoms with Crippen molar-refractivity contribution >= 4 is 22.9 Å². The quantitative estimate of drug-likeness (QED) is 0.723. The van der Waals surface area contributed by atoms with E-state index in [4.69, 9.17) is 0 Å². The summed E-state index contributed by atoms with van der Waals surface area (Å²) in [6.45, 7) is 8.34. The number of nitrogens with one attached hydrogen (secondary N) is 1. The Labute approximate surface area is 160 Å². The lowest BCUT2D eigenvalue weighted by Gasteiger charge is -2.36. The van der Waals surface area contributed by atoms with E-state index in [9.17, 15) is 4.79 Å². The van der Waals surface area contributed by atoms with Crippen molar-refractivity contribution in [1.29, 1.82) is 0 Å². The van der Waals surface area contributed by atoms with Gasteiger partial charge in [-0.05, 0) is 55.5 Å². The maximum Gasteiger partial charge on any atom is 0.220 e. The fraction of sp³-hybridized carbons (Fsp3) is 0.476. The largest absolute Gasteiger partial charge is 0.369 e. The molecule has 0 atom stereocenters. The first-order valence-corrected chi connectivity index (χ1v) is 10.4. The molecule has 1 aliphatic rings. The number of anilines is 1. The zero-order chi connectivity index (χ0) is 18.2. The van der Waals surface area contributed by atoms with E-state index in [1.54, 1.807) is 11.3 Å². The van der Waals surface area contributed by atoms with Crippen molar-refractivity contribution in [3.63, 3.8) is 0 Å². The molecular weight excluding hydrogens is 342 g/mol. The third kappa shape index (κ3) is 5.85. The summed E-state index contributed by atoms with van der Waals surface area (Å²) in [5, 5.41) is 5.12. The Balaban J connectivity index is 1.27. The van der Waals surface area contributed by atoms with Gasteiger partial charge in [-0.15, -0.1) is 11.3 Å². The summed E-state index contributed by atoms with van der Waals surface area (Å²) >= 11 is 1.72. The van der Waals surface area contributed by atoms with Crippen molar-refractivity contribution < 1.29 is 4.79 Å². The molecule has 0 spiro atoms. The Morgan fingerprint density at radius 1 is 1.15 bits per heavy atom. The van der Waals surface area contributed by atoms with Crippen LogP contribution in [-0.4, -0.2) is 50.1 Å². The summed E-state index contributed by atoms with van der Waals surface area (Å²) in [6, 6.07) is 12.9. The highest BCUT2D eigenvalue weighted by molar-refractivity contribution is 7.09. The van der Waals surface area contributed by atoms with Crippen molar-refractivity contribution in [3.05, 3.63) is 52.2 Å². The molecule has 140 valence electrons. The summed E-state index contributed by atoms with van der Waals surface area (Å²) in [5.41, 5.74) is 2.66. The number of amides is 1. The van der Waals surface area contributed by atoms with Crippen LogP contribution in [0.5, 0.6) is 0 Å². The summed E-state index contributed by atoms with van der Waals surface area (Å²) in [5.74, 6) is 0.169. The van der Waals surface area contributed by atoms with Crippen LogP contribution < -0.4 is 10.2 Å². The molecule has 2 aromatic rings. The van der Waals surface area contributed by atoms with Crippen molar-refractivity contribution in [3.8, 4) is 0 Å². The second kappa shape index (κ2) is 9.74. The molecule has 0 aliphatic carbocycles. The number of carbonyl (C=O) groups excluding carboxylic acids is 1. The Morgan fingerprint density at radius 3 is 2.73 bits per heavy atom. The van der Waals surface area contributed by atoms with Crippen molar-refractivity contribution in [2.45, 2.75) is 26.2 Å². The molecule has 0 saturated carbocycles. The monoisotopic (exact) mass is 371 g/mol. The molecule has 1 aromatic heterocycles. The summed E-state index contributed by atoms with van der Waals surface area (Å²) < 4.78 is 0. The summed E-state index contributed by atoms with van der Waals surface area (Å²) in [7, 11) is 0. The van der Waals surface area contributed by atoms with Gasteiger partial charge in [-0.25, -0.2) is 0 Å². The van der Waals surface area contributed by atoms with E-state index in [0.717, 1.165) is 52.1 Å². The van der Waals surface area contributed by atoms with E-state index in [1.165, 1.54) is 16.1 Å². The molecule has 1 aromatic carbocycles. The Kier molecular flexibility index (Phi) is 7.09. The van der Waals surface area contributed by atoms with Gasteiger partial charge in [-0.3, -0.25) is 9.69 Å². The molecule has 0 bridgehead atoms. The van der Waals surface area contributed by atoms with Crippen LogP contribution in [0, 0.1) is 6.92 Å². The highest BCUT2D eigenvalue weighted by Crippen LogP contribution is 2.17. The molecule has 1 saturated heterocycles. The maximum atomic E-state index is 11.9. The number of hydrogen-bond acceptors (Lipinski definition) is 4. The second-order valence-corrected chi connectivity index (χ2v) is 7.98. The van der Waals surface area contributed by atoms with Gasteiger partial charge in [0, 0.05) is 49.7 Å². The topological polar surface area (TPSA) is 35.6 Å². The number of aryl methyl sites for hydroxylation is 2. The van der Waals surface area contributed by atoms with Gasteiger partial charge in [0.05, 0.1) is 0 Å². The Hall–Kier alpha value is -1.85. The lowest BCUT2D eigenvalue weighted by atomic mass is 10.2.